The van der Waals surface area contributed by atoms with Gasteiger partial charge in [0.2, 0.25) is 10.0 Å². The van der Waals surface area contributed by atoms with Crippen LogP contribution in [0.3, 0.4) is 0 Å². The second-order valence-electron chi connectivity index (χ2n) is 5.34. The minimum absolute atomic E-state index is 0.00927. The average Bonchev–Trinajstić information content (AvgIpc) is 2.56. The molecule has 2 N–H and O–H groups in total. The van der Waals surface area contributed by atoms with Gasteiger partial charge in [-0.05, 0) is 43.3 Å². The molecule has 2 aromatic carbocycles. The normalized spacial score (nSPS) is 12.1. The molecule has 5 nitrogen and oxygen atoms in total. The first-order chi connectivity index (χ1) is 11.8. The molecule has 0 saturated heterocycles. The molecule has 0 aliphatic carbocycles. The van der Waals surface area contributed by atoms with E-state index in [2.05, 4.69) is 16.6 Å². The molecular formula is C18H16ClNO4S. The van der Waals surface area contributed by atoms with E-state index in [1.165, 1.54) is 12.1 Å². The molecule has 0 aromatic heterocycles. The molecule has 0 saturated carbocycles. The van der Waals surface area contributed by atoms with Crippen LogP contribution in [0, 0.1) is 18.8 Å². The van der Waals surface area contributed by atoms with Gasteiger partial charge >= 0.3 is 5.97 Å². The molecule has 0 bridgehead atoms. The van der Waals surface area contributed by atoms with Crippen molar-refractivity contribution >= 4 is 27.6 Å². The lowest BCUT2D eigenvalue weighted by molar-refractivity contribution is -0.138. The molecular weight excluding hydrogens is 362 g/mol. The van der Waals surface area contributed by atoms with Crippen LogP contribution in [0.25, 0.3) is 0 Å². The summed E-state index contributed by atoms with van der Waals surface area (Å²) in [5.41, 5.74) is 1.57. The van der Waals surface area contributed by atoms with Gasteiger partial charge in [0.25, 0.3) is 0 Å². The Morgan fingerprint density at radius 1 is 1.16 bits per heavy atom. The van der Waals surface area contributed by atoms with Crippen molar-refractivity contribution in [2.24, 2.45) is 0 Å². The maximum absolute atomic E-state index is 12.3. The van der Waals surface area contributed by atoms with Crippen molar-refractivity contribution in [1.82, 2.24) is 4.72 Å². The van der Waals surface area contributed by atoms with Crippen LogP contribution in [0.2, 0.25) is 5.02 Å². The summed E-state index contributed by atoms with van der Waals surface area (Å²) in [5, 5.41) is 9.82. The lowest BCUT2D eigenvalue weighted by Crippen LogP contribution is -2.40. The van der Waals surface area contributed by atoms with Crippen molar-refractivity contribution in [2.75, 3.05) is 0 Å². The number of sulfonamides is 1. The molecule has 1 atom stereocenters. The van der Waals surface area contributed by atoms with E-state index in [1.54, 1.807) is 36.4 Å². The number of hydrogen-bond donors (Lipinski definition) is 2. The molecule has 0 heterocycles. The third-order valence-corrected chi connectivity index (χ3v) is 5.05. The van der Waals surface area contributed by atoms with Gasteiger partial charge in [0, 0.05) is 17.0 Å². The molecule has 0 fully saturated rings. The molecule has 130 valence electrons. The van der Waals surface area contributed by atoms with E-state index < -0.39 is 22.0 Å². The zero-order valence-electron chi connectivity index (χ0n) is 13.4. The Balaban J connectivity index is 2.12. The van der Waals surface area contributed by atoms with Gasteiger partial charge in [-0.1, -0.05) is 41.1 Å². The predicted octanol–water partition coefficient (Wildman–Crippen LogP) is 2.82. The molecule has 0 aliphatic heterocycles. The number of carboxylic acid groups (broad SMARTS) is 1. The van der Waals surface area contributed by atoms with E-state index >= 15 is 0 Å². The quantitative estimate of drug-likeness (QED) is 0.785. The smallest absolute Gasteiger partial charge is 0.322 e. The van der Waals surface area contributed by atoms with E-state index in [0.717, 1.165) is 5.56 Å². The summed E-state index contributed by atoms with van der Waals surface area (Å²) in [5.74, 6) is 4.18. The molecule has 25 heavy (non-hydrogen) atoms. The van der Waals surface area contributed by atoms with Crippen LogP contribution >= 0.6 is 11.6 Å². The minimum atomic E-state index is -3.94. The standard InChI is InChI=1S/C18H16ClNO4S/c1-13-5-11-16(12-6-13)25(23,24)20-17(18(21)22)4-2-3-14-7-9-15(19)10-8-14/h5-12,17,20H,4H2,1H3,(H,21,22). The van der Waals surface area contributed by atoms with Gasteiger partial charge in [0.15, 0.2) is 0 Å². The largest absolute Gasteiger partial charge is 0.480 e. The van der Waals surface area contributed by atoms with Crippen molar-refractivity contribution in [3.05, 3.63) is 64.7 Å². The van der Waals surface area contributed by atoms with E-state index in [9.17, 15) is 18.3 Å². The van der Waals surface area contributed by atoms with Crippen LogP contribution in [0.5, 0.6) is 0 Å². The van der Waals surface area contributed by atoms with Crippen LogP contribution in [0.15, 0.2) is 53.4 Å². The number of rotatable bonds is 5. The topological polar surface area (TPSA) is 83.5 Å². The van der Waals surface area contributed by atoms with Crippen molar-refractivity contribution in [3.8, 4) is 11.8 Å². The molecule has 2 rings (SSSR count). The number of carboxylic acids is 1. The maximum Gasteiger partial charge on any atom is 0.322 e. The molecule has 0 aliphatic rings. The summed E-state index contributed by atoms with van der Waals surface area (Å²) in [6.45, 7) is 1.83. The summed E-state index contributed by atoms with van der Waals surface area (Å²) >= 11 is 5.78. The van der Waals surface area contributed by atoms with E-state index in [4.69, 9.17) is 11.6 Å². The summed E-state index contributed by atoms with van der Waals surface area (Å²) in [6.07, 6.45) is -0.164. The Morgan fingerprint density at radius 3 is 2.32 bits per heavy atom. The number of aryl methyl sites for hydroxylation is 1. The molecule has 2 aromatic rings. The number of hydrogen-bond acceptors (Lipinski definition) is 3. The SMILES string of the molecule is Cc1ccc(S(=O)(=O)NC(CC#Cc2ccc(Cl)cc2)C(=O)O)cc1. The van der Waals surface area contributed by atoms with Crippen LogP contribution in [-0.4, -0.2) is 25.5 Å². The van der Waals surface area contributed by atoms with Gasteiger partial charge in [-0.25, -0.2) is 8.42 Å². The Morgan fingerprint density at radius 2 is 1.76 bits per heavy atom. The molecule has 0 amide bonds. The Labute approximate surface area is 151 Å². The van der Waals surface area contributed by atoms with Crippen LogP contribution in [0.4, 0.5) is 0 Å². The van der Waals surface area contributed by atoms with E-state index in [-0.39, 0.29) is 11.3 Å². The van der Waals surface area contributed by atoms with Crippen molar-refractivity contribution in [2.45, 2.75) is 24.3 Å². The van der Waals surface area contributed by atoms with Crippen LogP contribution < -0.4 is 4.72 Å². The molecule has 0 spiro atoms. The third kappa shape index (κ3) is 5.61. The number of halogens is 1. The second-order valence-corrected chi connectivity index (χ2v) is 7.49. The first-order valence-electron chi connectivity index (χ1n) is 7.34. The summed E-state index contributed by atoms with van der Waals surface area (Å²) in [4.78, 5) is 11.3. The summed E-state index contributed by atoms with van der Waals surface area (Å²) in [6, 6.07) is 11.5. The summed E-state index contributed by atoms with van der Waals surface area (Å²) < 4.78 is 26.8. The fourth-order valence-corrected chi connectivity index (χ4v) is 3.26. The Bertz CT molecular complexity index is 910. The average molecular weight is 378 g/mol. The highest BCUT2D eigenvalue weighted by Gasteiger charge is 2.24. The third-order valence-electron chi connectivity index (χ3n) is 3.31. The highest BCUT2D eigenvalue weighted by atomic mass is 35.5. The summed E-state index contributed by atoms with van der Waals surface area (Å²) in [7, 11) is -3.94. The van der Waals surface area contributed by atoms with E-state index in [1.807, 2.05) is 6.92 Å². The number of carbonyl (C=O) groups is 1. The Hall–Kier alpha value is -2.33. The van der Waals surface area contributed by atoms with Gasteiger partial charge in [-0.3, -0.25) is 4.79 Å². The van der Waals surface area contributed by atoms with Gasteiger partial charge in [0.1, 0.15) is 6.04 Å². The van der Waals surface area contributed by atoms with E-state index in [0.29, 0.717) is 10.6 Å². The zero-order valence-corrected chi connectivity index (χ0v) is 14.9. The van der Waals surface area contributed by atoms with Crippen molar-refractivity contribution in [1.29, 1.82) is 0 Å². The molecule has 0 radical (unpaired) electrons. The van der Waals surface area contributed by atoms with Gasteiger partial charge < -0.3 is 5.11 Å². The predicted molar refractivity (Wildman–Crippen MR) is 95.9 cm³/mol. The zero-order chi connectivity index (χ0) is 18.4. The lowest BCUT2D eigenvalue weighted by atomic mass is 10.2. The second kappa shape index (κ2) is 8.17. The monoisotopic (exact) mass is 377 g/mol. The van der Waals surface area contributed by atoms with Gasteiger partial charge in [0.05, 0.1) is 4.90 Å². The van der Waals surface area contributed by atoms with Gasteiger partial charge in [-0.15, -0.1) is 0 Å². The van der Waals surface area contributed by atoms with Crippen LogP contribution in [0.1, 0.15) is 17.5 Å². The number of nitrogens with one attached hydrogen (secondary N) is 1. The Kier molecular flexibility index (Phi) is 6.21. The lowest BCUT2D eigenvalue weighted by Gasteiger charge is -2.12. The highest BCUT2D eigenvalue weighted by molar-refractivity contribution is 7.89. The first-order valence-corrected chi connectivity index (χ1v) is 9.20. The fraction of sp³-hybridized carbons (Fsp3) is 0.167. The molecule has 1 unspecified atom stereocenters. The van der Waals surface area contributed by atoms with Crippen molar-refractivity contribution < 1.29 is 18.3 Å². The maximum atomic E-state index is 12.3. The van der Waals surface area contributed by atoms with Crippen molar-refractivity contribution in [3.63, 3.8) is 0 Å². The first kappa shape index (κ1) is 19.0. The molecule has 7 heteroatoms. The van der Waals surface area contributed by atoms with Crippen LogP contribution in [-0.2, 0) is 14.8 Å². The van der Waals surface area contributed by atoms with Gasteiger partial charge in [-0.2, -0.15) is 4.72 Å². The number of benzene rings is 2. The number of aliphatic carboxylic acids is 1. The fourth-order valence-electron chi connectivity index (χ4n) is 1.94. The minimum Gasteiger partial charge on any atom is -0.480 e. The highest BCUT2D eigenvalue weighted by Crippen LogP contribution is 2.12.